The third-order valence-corrected chi connectivity index (χ3v) is 3.47. The molecule has 1 saturated heterocycles. The van der Waals surface area contributed by atoms with E-state index >= 15 is 0 Å². The molecule has 16 heavy (non-hydrogen) atoms. The predicted octanol–water partition coefficient (Wildman–Crippen LogP) is 1.90. The highest BCUT2D eigenvalue weighted by Crippen LogP contribution is 2.35. The minimum Gasteiger partial charge on any atom is -0.374 e. The number of nitrogens with zero attached hydrogens (tertiary/aromatic N) is 3. The first kappa shape index (κ1) is 11.4. The molecule has 8 heteroatoms. The molecule has 2 rings (SSSR count). The van der Waals surface area contributed by atoms with Crippen LogP contribution in [0.4, 0.5) is 23.4 Å². The van der Waals surface area contributed by atoms with Crippen LogP contribution >= 0.6 is 11.3 Å². The number of hydrogen-bond acceptors (Lipinski definition) is 5. The number of halogens is 3. The van der Waals surface area contributed by atoms with E-state index in [0.29, 0.717) is 23.4 Å². The minimum atomic E-state index is -4.08. The summed E-state index contributed by atoms with van der Waals surface area (Å²) in [4.78, 5) is 1.80. The quantitative estimate of drug-likeness (QED) is 0.829. The number of aromatic nitrogens is 2. The molecule has 0 atom stereocenters. The summed E-state index contributed by atoms with van der Waals surface area (Å²) >= 11 is 1.20. The van der Waals surface area contributed by atoms with Crippen molar-refractivity contribution in [3.05, 3.63) is 0 Å². The maximum atomic E-state index is 12.4. The van der Waals surface area contributed by atoms with Gasteiger partial charge in [0.2, 0.25) is 10.3 Å². The molecule has 4 nitrogen and oxygen atoms in total. The van der Waals surface area contributed by atoms with Gasteiger partial charge in [-0.25, -0.2) is 0 Å². The van der Waals surface area contributed by atoms with E-state index in [-0.39, 0.29) is 12.8 Å². The van der Waals surface area contributed by atoms with E-state index in [1.54, 1.807) is 4.90 Å². The smallest absolute Gasteiger partial charge is 0.374 e. The van der Waals surface area contributed by atoms with Crippen molar-refractivity contribution in [2.24, 2.45) is 5.92 Å². The fraction of sp³-hybridized carbons (Fsp3) is 0.750. The number of piperidine rings is 1. The van der Waals surface area contributed by atoms with Crippen LogP contribution in [0.2, 0.25) is 0 Å². The summed E-state index contributed by atoms with van der Waals surface area (Å²) in [5, 5.41) is 8.41. The monoisotopic (exact) mass is 252 g/mol. The lowest BCUT2D eigenvalue weighted by Gasteiger charge is -2.32. The lowest BCUT2D eigenvalue weighted by atomic mass is 9.97. The van der Waals surface area contributed by atoms with Crippen LogP contribution in [-0.4, -0.2) is 29.5 Å². The predicted molar refractivity (Wildman–Crippen MR) is 55.3 cm³/mol. The number of nitrogen functional groups attached to an aromatic ring is 1. The Morgan fingerprint density at radius 2 is 1.88 bits per heavy atom. The van der Waals surface area contributed by atoms with E-state index in [1.807, 2.05) is 0 Å². The summed E-state index contributed by atoms with van der Waals surface area (Å²) in [6.07, 6.45) is -3.85. The molecule has 0 radical (unpaired) electrons. The van der Waals surface area contributed by atoms with Gasteiger partial charge in [-0.3, -0.25) is 0 Å². The van der Waals surface area contributed by atoms with Gasteiger partial charge >= 0.3 is 6.18 Å². The van der Waals surface area contributed by atoms with Gasteiger partial charge in [0.05, 0.1) is 5.92 Å². The van der Waals surface area contributed by atoms with E-state index in [1.165, 1.54) is 11.3 Å². The Morgan fingerprint density at radius 3 is 2.31 bits per heavy atom. The second-order valence-electron chi connectivity index (χ2n) is 3.73. The van der Waals surface area contributed by atoms with E-state index < -0.39 is 12.1 Å². The number of nitrogens with two attached hydrogens (primary N) is 1. The van der Waals surface area contributed by atoms with E-state index in [9.17, 15) is 13.2 Å². The summed E-state index contributed by atoms with van der Waals surface area (Å²) in [5.41, 5.74) is 5.42. The molecule has 2 N–H and O–H groups in total. The van der Waals surface area contributed by atoms with Crippen molar-refractivity contribution < 1.29 is 13.2 Å². The molecule has 0 bridgehead atoms. The van der Waals surface area contributed by atoms with Gasteiger partial charge in [0.25, 0.3) is 0 Å². The van der Waals surface area contributed by atoms with Crippen LogP contribution in [-0.2, 0) is 0 Å². The van der Waals surface area contributed by atoms with Crippen molar-refractivity contribution in [3.8, 4) is 0 Å². The van der Waals surface area contributed by atoms with Gasteiger partial charge in [0.15, 0.2) is 0 Å². The van der Waals surface area contributed by atoms with Crippen LogP contribution < -0.4 is 10.6 Å². The molecule has 1 fully saturated rings. The first-order valence-corrected chi connectivity index (χ1v) is 5.69. The molecular formula is C8H11F3N4S. The summed E-state index contributed by atoms with van der Waals surface area (Å²) in [6, 6.07) is 0. The van der Waals surface area contributed by atoms with Crippen molar-refractivity contribution >= 4 is 21.6 Å². The second-order valence-corrected chi connectivity index (χ2v) is 4.71. The molecule has 0 amide bonds. The molecular weight excluding hydrogens is 241 g/mol. The average molecular weight is 252 g/mol. The second kappa shape index (κ2) is 4.08. The molecule has 0 spiro atoms. The van der Waals surface area contributed by atoms with Crippen molar-refractivity contribution in [2.75, 3.05) is 23.7 Å². The molecule has 1 aromatic rings. The molecule has 0 aromatic carbocycles. The third-order valence-electron chi connectivity index (χ3n) is 2.66. The zero-order valence-electron chi connectivity index (χ0n) is 8.37. The Hall–Kier alpha value is -1.05. The fourth-order valence-corrected chi connectivity index (χ4v) is 2.41. The molecule has 0 aliphatic carbocycles. The molecule has 0 unspecified atom stereocenters. The average Bonchev–Trinajstić information content (AvgIpc) is 2.64. The number of anilines is 2. The highest BCUT2D eigenvalue weighted by Gasteiger charge is 2.41. The summed E-state index contributed by atoms with van der Waals surface area (Å²) < 4.78 is 37.2. The Balaban J connectivity index is 1.95. The van der Waals surface area contributed by atoms with Crippen LogP contribution in [0.1, 0.15) is 12.8 Å². The Kier molecular flexibility index (Phi) is 2.92. The first-order valence-electron chi connectivity index (χ1n) is 4.87. The molecule has 1 aliphatic rings. The molecule has 1 aromatic heterocycles. The molecule has 2 heterocycles. The normalized spacial score (nSPS) is 19.1. The number of alkyl halides is 3. The lowest BCUT2D eigenvalue weighted by Crippen LogP contribution is -2.38. The topological polar surface area (TPSA) is 55.0 Å². The summed E-state index contributed by atoms with van der Waals surface area (Å²) in [7, 11) is 0. The van der Waals surface area contributed by atoms with Crippen molar-refractivity contribution in [3.63, 3.8) is 0 Å². The van der Waals surface area contributed by atoms with Crippen molar-refractivity contribution in [2.45, 2.75) is 19.0 Å². The maximum absolute atomic E-state index is 12.4. The van der Waals surface area contributed by atoms with Gasteiger partial charge in [-0.15, -0.1) is 10.2 Å². The van der Waals surface area contributed by atoms with Crippen LogP contribution in [0, 0.1) is 5.92 Å². The molecule has 90 valence electrons. The van der Waals surface area contributed by atoms with E-state index in [0.717, 1.165) is 0 Å². The van der Waals surface area contributed by atoms with E-state index in [4.69, 9.17) is 5.73 Å². The highest BCUT2D eigenvalue weighted by atomic mass is 32.1. The Labute approximate surface area is 94.3 Å². The Bertz CT molecular complexity index is 356. The zero-order chi connectivity index (χ0) is 11.8. The summed E-state index contributed by atoms with van der Waals surface area (Å²) in [6.45, 7) is 0.720. The van der Waals surface area contributed by atoms with Crippen LogP contribution in [0.3, 0.4) is 0 Å². The molecule has 1 aliphatic heterocycles. The van der Waals surface area contributed by atoms with Gasteiger partial charge in [-0.2, -0.15) is 13.2 Å². The van der Waals surface area contributed by atoms with Gasteiger partial charge < -0.3 is 10.6 Å². The summed E-state index contributed by atoms with van der Waals surface area (Å²) in [5.74, 6) is -1.19. The largest absolute Gasteiger partial charge is 0.391 e. The van der Waals surface area contributed by atoms with Crippen LogP contribution in [0.5, 0.6) is 0 Å². The zero-order valence-corrected chi connectivity index (χ0v) is 9.18. The van der Waals surface area contributed by atoms with Crippen molar-refractivity contribution in [1.82, 2.24) is 10.2 Å². The number of rotatable bonds is 1. The first-order chi connectivity index (χ1) is 7.47. The van der Waals surface area contributed by atoms with Gasteiger partial charge in [-0.1, -0.05) is 11.3 Å². The third kappa shape index (κ3) is 2.37. The Morgan fingerprint density at radius 1 is 1.25 bits per heavy atom. The standard InChI is InChI=1S/C8H11F3N4S/c9-8(10,11)5-1-3-15(4-2-5)7-14-13-6(12)16-7/h5H,1-4H2,(H2,12,13). The van der Waals surface area contributed by atoms with Gasteiger partial charge in [0.1, 0.15) is 0 Å². The van der Waals surface area contributed by atoms with Crippen LogP contribution in [0.15, 0.2) is 0 Å². The van der Waals surface area contributed by atoms with Crippen LogP contribution in [0.25, 0.3) is 0 Å². The SMILES string of the molecule is Nc1nnc(N2CCC(C(F)(F)F)CC2)s1. The molecule has 0 saturated carbocycles. The van der Waals surface area contributed by atoms with E-state index in [2.05, 4.69) is 10.2 Å². The van der Waals surface area contributed by atoms with Crippen molar-refractivity contribution in [1.29, 1.82) is 0 Å². The van der Waals surface area contributed by atoms with Gasteiger partial charge in [-0.05, 0) is 12.8 Å². The van der Waals surface area contributed by atoms with Gasteiger partial charge in [0, 0.05) is 13.1 Å². The maximum Gasteiger partial charge on any atom is 0.391 e. The highest BCUT2D eigenvalue weighted by molar-refractivity contribution is 7.18. The number of hydrogen-bond donors (Lipinski definition) is 1. The minimum absolute atomic E-state index is 0.114. The fourth-order valence-electron chi connectivity index (χ4n) is 1.75. The lowest BCUT2D eigenvalue weighted by molar-refractivity contribution is -0.179.